The van der Waals surface area contributed by atoms with Gasteiger partial charge in [0.2, 0.25) is 0 Å². The van der Waals surface area contributed by atoms with Gasteiger partial charge in [0.25, 0.3) is 0 Å². The first kappa shape index (κ1) is 11.7. The maximum atomic E-state index is 11.5. The van der Waals surface area contributed by atoms with Crippen LogP contribution in [0.4, 0.5) is 0 Å². The van der Waals surface area contributed by atoms with E-state index >= 15 is 0 Å². The molecule has 1 unspecified atom stereocenters. The fraction of sp³-hybridized carbons (Fsp3) is 0.429. The lowest BCUT2D eigenvalue weighted by atomic mass is 10.1. The number of benzene rings is 1. The molecule has 0 fully saturated rings. The molecule has 1 atom stereocenters. The number of rotatable bonds is 2. The molecule has 0 saturated carbocycles. The summed E-state index contributed by atoms with van der Waals surface area (Å²) in [5.74, 6) is 0.347. The molecule has 0 spiro atoms. The molecule has 0 bridgehead atoms. The van der Waals surface area contributed by atoms with Gasteiger partial charge in [-0.25, -0.2) is 0 Å². The second-order valence-electron chi connectivity index (χ2n) is 4.97. The predicted octanol–water partition coefficient (Wildman–Crippen LogP) is 2.39. The fourth-order valence-corrected chi connectivity index (χ4v) is 5.07. The zero-order chi connectivity index (χ0) is 11.6. The summed E-state index contributed by atoms with van der Waals surface area (Å²) in [6.45, 7) is 4.70. The lowest BCUT2D eigenvalue weighted by Crippen LogP contribution is -2.24. The average Bonchev–Trinajstić information content (AvgIpc) is 2.30. The van der Waals surface area contributed by atoms with Gasteiger partial charge in [-0.2, -0.15) is 0 Å². The number of hydrogen-bond acceptors (Lipinski definition) is 1. The molecule has 1 nitrogen and oxygen atoms in total. The molecular formula is C14H19OP. The van der Waals surface area contributed by atoms with Gasteiger partial charge in [-0.05, 0) is 31.4 Å². The molecule has 0 amide bonds. The van der Waals surface area contributed by atoms with E-state index in [1.807, 2.05) is 6.08 Å². The van der Waals surface area contributed by atoms with Crippen molar-refractivity contribution < 1.29 is 5.11 Å². The van der Waals surface area contributed by atoms with Gasteiger partial charge in [0, 0.05) is 7.26 Å². The van der Waals surface area contributed by atoms with Crippen LogP contribution in [0.1, 0.15) is 19.3 Å². The van der Waals surface area contributed by atoms with Gasteiger partial charge in [0.05, 0.1) is 24.3 Å². The van der Waals surface area contributed by atoms with Gasteiger partial charge < -0.3 is 5.11 Å². The van der Waals surface area contributed by atoms with Crippen LogP contribution in [0.3, 0.4) is 0 Å². The SMILES string of the molecule is C[P+](C)(c1ccccc1)C1C=C([O-])CCC1. The smallest absolute Gasteiger partial charge is 0.0939 e. The Labute approximate surface area is 98.5 Å². The first-order valence-corrected chi connectivity index (χ1v) is 8.63. The van der Waals surface area contributed by atoms with Crippen LogP contribution in [0.25, 0.3) is 0 Å². The molecule has 0 aromatic heterocycles. The van der Waals surface area contributed by atoms with Crippen molar-refractivity contribution in [3.63, 3.8) is 0 Å². The first-order chi connectivity index (χ1) is 7.60. The molecule has 0 heterocycles. The van der Waals surface area contributed by atoms with Crippen LogP contribution in [-0.2, 0) is 0 Å². The van der Waals surface area contributed by atoms with Crippen molar-refractivity contribution in [1.82, 2.24) is 0 Å². The monoisotopic (exact) mass is 234 g/mol. The summed E-state index contributed by atoms with van der Waals surface area (Å²) in [5, 5.41) is 12.9. The highest BCUT2D eigenvalue weighted by atomic mass is 31.2. The average molecular weight is 234 g/mol. The number of hydrogen-bond donors (Lipinski definition) is 0. The van der Waals surface area contributed by atoms with Crippen molar-refractivity contribution in [1.29, 1.82) is 0 Å². The summed E-state index contributed by atoms with van der Waals surface area (Å²) in [6.07, 6.45) is 4.99. The zero-order valence-corrected chi connectivity index (χ0v) is 10.9. The topological polar surface area (TPSA) is 23.1 Å². The zero-order valence-electron chi connectivity index (χ0n) is 10.0. The molecule has 86 valence electrons. The van der Waals surface area contributed by atoms with Crippen LogP contribution in [0.2, 0.25) is 0 Å². The van der Waals surface area contributed by atoms with Crippen molar-refractivity contribution in [3.05, 3.63) is 42.2 Å². The molecular weight excluding hydrogens is 215 g/mol. The van der Waals surface area contributed by atoms with Gasteiger partial charge in [0.15, 0.2) is 0 Å². The van der Waals surface area contributed by atoms with Crippen LogP contribution in [0.5, 0.6) is 0 Å². The standard InChI is InChI=1S/C14H19OP/c1-16(2,13-8-4-3-5-9-13)14-10-6-7-12(15)11-14/h3-5,8-9,11,14H,6-7,10H2,1-2H3. The molecule has 1 aromatic carbocycles. The molecule has 16 heavy (non-hydrogen) atoms. The lowest BCUT2D eigenvalue weighted by Gasteiger charge is -2.31. The molecule has 0 N–H and O–H groups in total. The van der Waals surface area contributed by atoms with Crippen LogP contribution in [0, 0.1) is 0 Å². The van der Waals surface area contributed by atoms with E-state index in [9.17, 15) is 5.11 Å². The van der Waals surface area contributed by atoms with E-state index in [4.69, 9.17) is 0 Å². The third kappa shape index (κ3) is 2.30. The van der Waals surface area contributed by atoms with E-state index in [1.165, 1.54) is 11.7 Å². The quantitative estimate of drug-likeness (QED) is 0.720. The van der Waals surface area contributed by atoms with Crippen LogP contribution in [-0.4, -0.2) is 19.0 Å². The minimum absolute atomic E-state index is 0.347. The Balaban J connectivity index is 2.28. The summed E-state index contributed by atoms with van der Waals surface area (Å²) in [4.78, 5) is 0. The Kier molecular flexibility index (Phi) is 3.35. The summed E-state index contributed by atoms with van der Waals surface area (Å²) in [5.41, 5.74) is 0.496. The number of allylic oxidation sites excluding steroid dienone is 2. The normalized spacial score (nSPS) is 21.6. The lowest BCUT2D eigenvalue weighted by molar-refractivity contribution is -0.308. The second-order valence-corrected chi connectivity index (χ2v) is 9.23. The van der Waals surface area contributed by atoms with Crippen molar-refractivity contribution in [3.8, 4) is 0 Å². The van der Waals surface area contributed by atoms with Crippen molar-refractivity contribution in [2.45, 2.75) is 24.9 Å². The van der Waals surface area contributed by atoms with Crippen molar-refractivity contribution in [2.24, 2.45) is 0 Å². The molecule has 1 aliphatic carbocycles. The van der Waals surface area contributed by atoms with E-state index in [2.05, 4.69) is 43.7 Å². The van der Waals surface area contributed by atoms with Gasteiger partial charge in [0.1, 0.15) is 0 Å². The Hall–Kier alpha value is -0.810. The highest BCUT2D eigenvalue weighted by Crippen LogP contribution is 2.57. The van der Waals surface area contributed by atoms with Crippen LogP contribution in [0.15, 0.2) is 42.2 Å². The second kappa shape index (κ2) is 4.59. The summed E-state index contributed by atoms with van der Waals surface area (Å²) in [6, 6.07) is 10.7. The summed E-state index contributed by atoms with van der Waals surface area (Å²) in [7, 11) is -1.18. The first-order valence-electron chi connectivity index (χ1n) is 5.87. The molecule has 0 aliphatic heterocycles. The van der Waals surface area contributed by atoms with E-state index in [1.54, 1.807) is 0 Å². The maximum Gasteiger partial charge on any atom is 0.0939 e. The Morgan fingerprint density at radius 1 is 1.19 bits per heavy atom. The van der Waals surface area contributed by atoms with E-state index in [0.29, 0.717) is 11.4 Å². The Morgan fingerprint density at radius 2 is 1.88 bits per heavy atom. The Bertz CT molecular complexity index is 381. The molecule has 1 aliphatic rings. The van der Waals surface area contributed by atoms with Gasteiger partial charge in [-0.3, -0.25) is 0 Å². The molecule has 1 aromatic rings. The molecule has 2 heteroatoms. The third-order valence-corrected chi connectivity index (χ3v) is 7.25. The van der Waals surface area contributed by atoms with Crippen molar-refractivity contribution in [2.75, 3.05) is 13.3 Å². The molecule has 2 rings (SSSR count). The summed E-state index contributed by atoms with van der Waals surface area (Å²) >= 11 is 0. The Morgan fingerprint density at radius 3 is 2.50 bits per heavy atom. The predicted molar refractivity (Wildman–Crippen MR) is 70.6 cm³/mol. The largest absolute Gasteiger partial charge is 0.876 e. The molecule has 0 radical (unpaired) electrons. The third-order valence-electron chi connectivity index (χ3n) is 3.55. The van der Waals surface area contributed by atoms with E-state index in [0.717, 1.165) is 12.8 Å². The van der Waals surface area contributed by atoms with Gasteiger partial charge in [-0.15, -0.1) is 5.76 Å². The minimum Gasteiger partial charge on any atom is -0.876 e. The minimum atomic E-state index is -1.18. The van der Waals surface area contributed by atoms with Gasteiger partial charge >= 0.3 is 0 Å². The van der Waals surface area contributed by atoms with Crippen LogP contribution >= 0.6 is 7.26 Å². The van der Waals surface area contributed by atoms with Crippen molar-refractivity contribution >= 4 is 12.6 Å². The van der Waals surface area contributed by atoms with Gasteiger partial charge in [-0.1, -0.05) is 24.3 Å². The van der Waals surface area contributed by atoms with E-state index < -0.39 is 7.26 Å². The highest BCUT2D eigenvalue weighted by molar-refractivity contribution is 7.82. The van der Waals surface area contributed by atoms with E-state index in [-0.39, 0.29) is 0 Å². The maximum absolute atomic E-state index is 11.5. The summed E-state index contributed by atoms with van der Waals surface area (Å²) < 4.78 is 0. The fourth-order valence-electron chi connectivity index (χ4n) is 2.38. The van der Waals surface area contributed by atoms with Crippen LogP contribution < -0.4 is 10.4 Å². The highest BCUT2D eigenvalue weighted by Gasteiger charge is 2.37. The molecule has 0 saturated heterocycles.